The van der Waals surface area contributed by atoms with Gasteiger partial charge in [-0.25, -0.2) is 0 Å². The van der Waals surface area contributed by atoms with Gasteiger partial charge >= 0.3 is 0 Å². The minimum absolute atomic E-state index is 0.0666. The summed E-state index contributed by atoms with van der Waals surface area (Å²) in [6.07, 6.45) is 0. The molecule has 0 saturated carbocycles. The van der Waals surface area contributed by atoms with Crippen molar-refractivity contribution in [2.75, 3.05) is 0 Å². The zero-order valence-corrected chi connectivity index (χ0v) is 7.63. The fraction of sp³-hybridized carbons (Fsp3) is 0.500. The summed E-state index contributed by atoms with van der Waals surface area (Å²) in [4.78, 5) is 0. The molecular formula is C8H14N4. The Labute approximate surface area is 71.9 Å². The van der Waals surface area contributed by atoms with Gasteiger partial charge in [0.15, 0.2) is 0 Å². The predicted molar refractivity (Wildman–Crippen MR) is 48.3 cm³/mol. The second-order valence-electron chi connectivity index (χ2n) is 3.15. The molecule has 0 atom stereocenters. The lowest BCUT2D eigenvalue weighted by molar-refractivity contribution is 0.708. The van der Waals surface area contributed by atoms with Crippen LogP contribution in [-0.4, -0.2) is 15.6 Å². The summed E-state index contributed by atoms with van der Waals surface area (Å²) >= 11 is 0. The van der Waals surface area contributed by atoms with E-state index in [9.17, 15) is 0 Å². The lowest BCUT2D eigenvalue weighted by Gasteiger charge is -1.96. The molecule has 0 saturated heterocycles. The number of hydrogen-bond acceptors (Lipinski definition) is 2. The molecule has 3 N–H and O–H groups in total. The van der Waals surface area contributed by atoms with E-state index in [2.05, 4.69) is 18.9 Å². The largest absolute Gasteiger partial charge is 0.382 e. The van der Waals surface area contributed by atoms with E-state index in [4.69, 9.17) is 11.1 Å². The van der Waals surface area contributed by atoms with Crippen LogP contribution in [0.25, 0.3) is 0 Å². The average Bonchev–Trinajstić information content (AvgIpc) is 2.30. The number of nitrogens with zero attached hydrogens (tertiary/aromatic N) is 2. The van der Waals surface area contributed by atoms with Crippen LogP contribution in [0.1, 0.15) is 31.2 Å². The summed E-state index contributed by atoms with van der Waals surface area (Å²) in [6, 6.07) is 1.85. The molecule has 0 aromatic carbocycles. The van der Waals surface area contributed by atoms with Crippen LogP contribution in [0.3, 0.4) is 0 Å². The van der Waals surface area contributed by atoms with E-state index in [0.717, 1.165) is 5.69 Å². The summed E-state index contributed by atoms with van der Waals surface area (Å²) < 4.78 is 1.64. The summed E-state index contributed by atoms with van der Waals surface area (Å²) in [5, 5.41) is 11.5. The van der Waals surface area contributed by atoms with E-state index in [1.807, 2.05) is 6.07 Å². The Hall–Kier alpha value is -1.32. The first-order valence-electron chi connectivity index (χ1n) is 3.90. The second kappa shape index (κ2) is 2.97. The molecule has 0 unspecified atom stereocenters. The van der Waals surface area contributed by atoms with Gasteiger partial charge in [0.25, 0.3) is 0 Å². The lowest BCUT2D eigenvalue weighted by atomic mass is 10.1. The van der Waals surface area contributed by atoms with Crippen molar-refractivity contribution in [3.8, 4) is 0 Å². The van der Waals surface area contributed by atoms with E-state index in [0.29, 0.717) is 11.6 Å². The van der Waals surface area contributed by atoms with Gasteiger partial charge in [0, 0.05) is 7.05 Å². The van der Waals surface area contributed by atoms with Crippen molar-refractivity contribution in [3.05, 3.63) is 17.5 Å². The lowest BCUT2D eigenvalue weighted by Crippen LogP contribution is -2.15. The van der Waals surface area contributed by atoms with Gasteiger partial charge < -0.3 is 5.73 Å². The predicted octanol–water partition coefficient (Wildman–Crippen LogP) is 0.828. The third kappa shape index (κ3) is 1.47. The van der Waals surface area contributed by atoms with E-state index in [1.54, 1.807) is 11.7 Å². The number of aryl methyl sites for hydroxylation is 1. The molecule has 4 nitrogen and oxygen atoms in total. The van der Waals surface area contributed by atoms with E-state index in [1.165, 1.54) is 0 Å². The van der Waals surface area contributed by atoms with Crippen molar-refractivity contribution in [1.29, 1.82) is 5.41 Å². The molecule has 0 amide bonds. The maximum Gasteiger partial charge on any atom is 0.141 e. The van der Waals surface area contributed by atoms with Gasteiger partial charge in [0.1, 0.15) is 11.5 Å². The van der Waals surface area contributed by atoms with Crippen LogP contribution >= 0.6 is 0 Å². The van der Waals surface area contributed by atoms with Crippen molar-refractivity contribution in [3.63, 3.8) is 0 Å². The summed E-state index contributed by atoms with van der Waals surface area (Å²) in [7, 11) is 1.79. The Kier molecular flexibility index (Phi) is 2.17. The van der Waals surface area contributed by atoms with Crippen LogP contribution in [0, 0.1) is 5.41 Å². The first-order valence-corrected chi connectivity index (χ1v) is 3.90. The smallest absolute Gasteiger partial charge is 0.141 e. The van der Waals surface area contributed by atoms with Gasteiger partial charge in [-0.3, -0.25) is 10.1 Å². The molecule has 0 fully saturated rings. The molecule has 12 heavy (non-hydrogen) atoms. The fourth-order valence-corrected chi connectivity index (χ4v) is 1.02. The summed E-state index contributed by atoms with van der Waals surface area (Å²) in [5.41, 5.74) is 7.00. The number of aromatic nitrogens is 2. The molecule has 0 aliphatic heterocycles. The number of rotatable bonds is 2. The molecule has 1 heterocycles. The molecule has 0 radical (unpaired) electrons. The highest BCUT2D eigenvalue weighted by molar-refractivity contribution is 5.93. The molecule has 4 heteroatoms. The average molecular weight is 166 g/mol. The van der Waals surface area contributed by atoms with Crippen LogP contribution in [0.2, 0.25) is 0 Å². The van der Waals surface area contributed by atoms with E-state index in [-0.39, 0.29) is 5.84 Å². The van der Waals surface area contributed by atoms with Gasteiger partial charge in [0.05, 0.1) is 5.69 Å². The SMILES string of the molecule is CC(C)c1cc(C(=N)N)n(C)n1. The second-order valence-corrected chi connectivity index (χ2v) is 3.15. The number of amidine groups is 1. The highest BCUT2D eigenvalue weighted by atomic mass is 15.3. The quantitative estimate of drug-likeness (QED) is 0.504. The van der Waals surface area contributed by atoms with Crippen molar-refractivity contribution in [2.45, 2.75) is 19.8 Å². The molecule has 66 valence electrons. The normalized spacial score (nSPS) is 10.7. The minimum atomic E-state index is 0.0666. The molecule has 0 bridgehead atoms. The van der Waals surface area contributed by atoms with E-state index < -0.39 is 0 Å². The Bertz CT molecular complexity index is 298. The first-order chi connectivity index (χ1) is 5.52. The van der Waals surface area contributed by atoms with Crippen molar-refractivity contribution < 1.29 is 0 Å². The Morgan fingerprint density at radius 3 is 2.50 bits per heavy atom. The molecular weight excluding hydrogens is 152 g/mol. The number of nitrogens with one attached hydrogen (secondary N) is 1. The summed E-state index contributed by atoms with van der Waals surface area (Å²) in [6.45, 7) is 4.12. The standard InChI is InChI=1S/C8H14N4/c1-5(2)6-4-7(8(9)10)12(3)11-6/h4-5H,1-3H3,(H3,9,10). The van der Waals surface area contributed by atoms with Crippen LogP contribution in [-0.2, 0) is 7.05 Å². The van der Waals surface area contributed by atoms with Crippen molar-refractivity contribution in [1.82, 2.24) is 9.78 Å². The van der Waals surface area contributed by atoms with Crippen LogP contribution in [0.4, 0.5) is 0 Å². The fourth-order valence-electron chi connectivity index (χ4n) is 1.02. The Morgan fingerprint density at radius 2 is 2.25 bits per heavy atom. The zero-order chi connectivity index (χ0) is 9.30. The maximum absolute atomic E-state index is 7.25. The van der Waals surface area contributed by atoms with Gasteiger partial charge in [-0.2, -0.15) is 5.10 Å². The van der Waals surface area contributed by atoms with Crippen LogP contribution in [0.15, 0.2) is 6.07 Å². The molecule has 0 aliphatic carbocycles. The van der Waals surface area contributed by atoms with Crippen LogP contribution < -0.4 is 5.73 Å². The van der Waals surface area contributed by atoms with Crippen molar-refractivity contribution >= 4 is 5.84 Å². The molecule has 1 aromatic heterocycles. The third-order valence-electron chi connectivity index (χ3n) is 1.77. The Balaban J connectivity index is 3.09. The summed E-state index contributed by atoms with van der Waals surface area (Å²) in [5.74, 6) is 0.446. The third-order valence-corrected chi connectivity index (χ3v) is 1.77. The number of nitrogen functional groups attached to an aromatic ring is 1. The van der Waals surface area contributed by atoms with E-state index >= 15 is 0 Å². The number of hydrogen-bond donors (Lipinski definition) is 2. The van der Waals surface area contributed by atoms with Gasteiger partial charge in [-0.05, 0) is 12.0 Å². The highest BCUT2D eigenvalue weighted by Crippen LogP contribution is 2.12. The topological polar surface area (TPSA) is 67.7 Å². The highest BCUT2D eigenvalue weighted by Gasteiger charge is 2.09. The monoisotopic (exact) mass is 166 g/mol. The Morgan fingerprint density at radius 1 is 1.67 bits per heavy atom. The van der Waals surface area contributed by atoms with Crippen LogP contribution in [0.5, 0.6) is 0 Å². The van der Waals surface area contributed by atoms with Gasteiger partial charge in [0.2, 0.25) is 0 Å². The molecule has 0 spiro atoms. The van der Waals surface area contributed by atoms with Crippen molar-refractivity contribution in [2.24, 2.45) is 12.8 Å². The zero-order valence-electron chi connectivity index (χ0n) is 7.63. The number of nitrogens with two attached hydrogens (primary N) is 1. The van der Waals surface area contributed by atoms with Gasteiger partial charge in [-0.15, -0.1) is 0 Å². The van der Waals surface area contributed by atoms with Gasteiger partial charge in [-0.1, -0.05) is 13.8 Å². The maximum atomic E-state index is 7.25. The molecule has 1 rings (SSSR count). The molecule has 0 aliphatic rings. The minimum Gasteiger partial charge on any atom is -0.382 e. The molecule has 1 aromatic rings. The first kappa shape index (κ1) is 8.77.